The van der Waals surface area contributed by atoms with Crippen LogP contribution in [-0.4, -0.2) is 46.5 Å². The van der Waals surface area contributed by atoms with Crippen LogP contribution >= 0.6 is 0 Å². The maximum atomic E-state index is 10.3. The molecule has 0 unspecified atom stereocenters. The van der Waals surface area contributed by atoms with Crippen LogP contribution in [0.3, 0.4) is 0 Å². The van der Waals surface area contributed by atoms with Crippen molar-refractivity contribution in [3.63, 3.8) is 0 Å². The van der Waals surface area contributed by atoms with Gasteiger partial charge in [-0.3, -0.25) is 4.90 Å². The molecule has 0 aromatic heterocycles. The molecule has 2 fully saturated rings. The Labute approximate surface area is 108 Å². The van der Waals surface area contributed by atoms with Gasteiger partial charge in [0.25, 0.3) is 0 Å². The van der Waals surface area contributed by atoms with Crippen LogP contribution < -0.4 is 0 Å². The molecule has 2 saturated heterocycles. The lowest BCUT2D eigenvalue weighted by molar-refractivity contribution is -0.0172. The van der Waals surface area contributed by atoms with E-state index in [1.807, 2.05) is 18.2 Å². The van der Waals surface area contributed by atoms with Crippen molar-refractivity contribution in [3.8, 4) is 0 Å². The lowest BCUT2D eigenvalue weighted by Crippen LogP contribution is -2.50. The van der Waals surface area contributed by atoms with Crippen LogP contribution in [0, 0.1) is 5.92 Å². The highest BCUT2D eigenvalue weighted by molar-refractivity contribution is 5.17. The third kappa shape index (κ3) is 1.96. The van der Waals surface area contributed by atoms with Crippen LogP contribution in [0.15, 0.2) is 30.3 Å². The topological polar surface area (TPSA) is 43.7 Å². The van der Waals surface area contributed by atoms with Crippen LogP contribution in [0.2, 0.25) is 0 Å². The summed E-state index contributed by atoms with van der Waals surface area (Å²) in [6.45, 7) is 0. The van der Waals surface area contributed by atoms with Crippen LogP contribution in [-0.2, 0) is 6.42 Å². The van der Waals surface area contributed by atoms with Gasteiger partial charge in [-0.15, -0.1) is 0 Å². The Balaban J connectivity index is 1.79. The lowest BCUT2D eigenvalue weighted by Gasteiger charge is -2.41. The van der Waals surface area contributed by atoms with E-state index in [2.05, 4.69) is 24.1 Å². The summed E-state index contributed by atoms with van der Waals surface area (Å²) in [6, 6.07) is 10.8. The van der Waals surface area contributed by atoms with Crippen LogP contribution in [0.25, 0.3) is 0 Å². The van der Waals surface area contributed by atoms with E-state index >= 15 is 0 Å². The summed E-state index contributed by atoms with van der Waals surface area (Å²) in [4.78, 5) is 2.27. The second-order valence-electron chi connectivity index (χ2n) is 5.76. The Kier molecular flexibility index (Phi) is 3.14. The van der Waals surface area contributed by atoms with Crippen molar-refractivity contribution >= 4 is 0 Å². The van der Waals surface area contributed by atoms with Gasteiger partial charge in [0, 0.05) is 18.0 Å². The van der Waals surface area contributed by atoms with Crippen LogP contribution in [0.1, 0.15) is 18.4 Å². The first kappa shape index (κ1) is 12.2. The summed E-state index contributed by atoms with van der Waals surface area (Å²) in [5.41, 5.74) is 1.27. The fraction of sp³-hybridized carbons (Fsp3) is 0.600. The Hall–Kier alpha value is -0.900. The maximum Gasteiger partial charge on any atom is 0.0711 e. The van der Waals surface area contributed by atoms with Crippen molar-refractivity contribution in [1.82, 2.24) is 4.90 Å². The first-order chi connectivity index (χ1) is 8.66. The molecule has 0 saturated carbocycles. The highest BCUT2D eigenvalue weighted by atomic mass is 16.3. The second kappa shape index (κ2) is 4.65. The summed E-state index contributed by atoms with van der Waals surface area (Å²) in [5.74, 6) is 0.241. The van der Waals surface area contributed by atoms with Gasteiger partial charge in [-0.2, -0.15) is 0 Å². The molecule has 2 bridgehead atoms. The van der Waals surface area contributed by atoms with Gasteiger partial charge >= 0.3 is 0 Å². The molecule has 0 radical (unpaired) electrons. The standard InChI is InChI=1S/C15H21NO2/c1-16-12-8-15(18)13(16)9-14(17)11(12)7-10-5-3-2-4-6-10/h2-6,11-15,17-18H,7-9H2,1H3/t11-,12+,13+,14+,15-/m1/s1. The summed E-state index contributed by atoms with van der Waals surface area (Å²) < 4.78 is 0. The van der Waals surface area contributed by atoms with Gasteiger partial charge in [0.15, 0.2) is 0 Å². The zero-order valence-electron chi connectivity index (χ0n) is 10.7. The summed E-state index contributed by atoms with van der Waals surface area (Å²) in [6.07, 6.45) is 1.85. The van der Waals surface area contributed by atoms with E-state index in [4.69, 9.17) is 0 Å². The molecule has 0 amide bonds. The summed E-state index contributed by atoms with van der Waals surface area (Å²) >= 11 is 0. The molecule has 18 heavy (non-hydrogen) atoms. The average Bonchev–Trinajstić information content (AvgIpc) is 2.56. The molecule has 0 spiro atoms. The van der Waals surface area contributed by atoms with Crippen molar-refractivity contribution in [2.24, 2.45) is 5.92 Å². The third-order valence-corrected chi connectivity index (χ3v) is 4.76. The number of fused-ring (bicyclic) bond motifs is 2. The highest BCUT2D eigenvalue weighted by Gasteiger charge is 2.49. The minimum absolute atomic E-state index is 0.150. The Morgan fingerprint density at radius 1 is 1.06 bits per heavy atom. The first-order valence-electron chi connectivity index (χ1n) is 6.79. The quantitative estimate of drug-likeness (QED) is 0.821. The van der Waals surface area contributed by atoms with Gasteiger partial charge in [-0.25, -0.2) is 0 Å². The van der Waals surface area contributed by atoms with Gasteiger partial charge < -0.3 is 10.2 Å². The fourth-order valence-corrected chi connectivity index (χ4v) is 3.73. The Morgan fingerprint density at radius 2 is 1.72 bits per heavy atom. The third-order valence-electron chi connectivity index (χ3n) is 4.76. The van der Waals surface area contributed by atoms with E-state index in [0.717, 1.165) is 12.8 Å². The molecule has 1 aromatic carbocycles. The van der Waals surface area contributed by atoms with Gasteiger partial charge in [0.05, 0.1) is 12.2 Å². The smallest absolute Gasteiger partial charge is 0.0711 e. The maximum absolute atomic E-state index is 10.3. The molecule has 5 atom stereocenters. The molecule has 98 valence electrons. The molecule has 2 heterocycles. The van der Waals surface area contributed by atoms with Gasteiger partial charge in [0.2, 0.25) is 0 Å². The van der Waals surface area contributed by atoms with E-state index in [1.54, 1.807) is 0 Å². The Morgan fingerprint density at radius 3 is 2.44 bits per heavy atom. The summed E-state index contributed by atoms with van der Waals surface area (Å²) in [7, 11) is 2.08. The van der Waals surface area contributed by atoms with Crippen LogP contribution in [0.5, 0.6) is 0 Å². The molecule has 1 aromatic rings. The number of nitrogens with zero attached hydrogens (tertiary/aromatic N) is 1. The minimum atomic E-state index is -0.284. The molecule has 3 nitrogen and oxygen atoms in total. The number of benzene rings is 1. The predicted molar refractivity (Wildman–Crippen MR) is 70.2 cm³/mol. The average molecular weight is 247 g/mol. The first-order valence-corrected chi connectivity index (χ1v) is 6.79. The molecular formula is C15H21NO2. The number of piperidine rings is 1. The number of rotatable bonds is 2. The zero-order valence-corrected chi connectivity index (χ0v) is 10.7. The number of aliphatic hydroxyl groups is 2. The number of likely N-dealkylation sites (N-methyl/N-ethyl adjacent to an activating group) is 1. The summed E-state index contributed by atoms with van der Waals surface area (Å²) in [5, 5.41) is 20.3. The normalized spacial score (nSPS) is 40.1. The highest BCUT2D eigenvalue weighted by Crippen LogP contribution is 2.39. The molecule has 2 N–H and O–H groups in total. The number of aliphatic hydroxyl groups excluding tert-OH is 2. The van der Waals surface area contributed by atoms with Crippen molar-refractivity contribution in [1.29, 1.82) is 0 Å². The van der Waals surface area contributed by atoms with Crippen LogP contribution in [0.4, 0.5) is 0 Å². The lowest BCUT2D eigenvalue weighted by atomic mass is 9.83. The zero-order chi connectivity index (χ0) is 12.7. The predicted octanol–water partition coefficient (Wildman–Crippen LogP) is 1.04. The van der Waals surface area contributed by atoms with Crippen molar-refractivity contribution < 1.29 is 10.2 Å². The monoisotopic (exact) mass is 247 g/mol. The molecule has 3 heteroatoms. The number of hydrogen-bond acceptors (Lipinski definition) is 3. The van der Waals surface area contributed by atoms with E-state index in [-0.39, 0.29) is 24.2 Å². The fourth-order valence-electron chi connectivity index (χ4n) is 3.73. The van der Waals surface area contributed by atoms with E-state index < -0.39 is 0 Å². The van der Waals surface area contributed by atoms with Gasteiger partial charge in [-0.05, 0) is 31.9 Å². The molecule has 0 aliphatic carbocycles. The van der Waals surface area contributed by atoms with Gasteiger partial charge in [-0.1, -0.05) is 30.3 Å². The SMILES string of the molecule is CN1[C@H]2C[C@@H](O)[C@@H]1C[C@H](O)[C@@H]2Cc1ccccc1. The van der Waals surface area contributed by atoms with Crippen molar-refractivity contribution in [2.75, 3.05) is 7.05 Å². The molecular weight excluding hydrogens is 226 g/mol. The van der Waals surface area contributed by atoms with Gasteiger partial charge in [0.1, 0.15) is 0 Å². The molecule has 2 aliphatic heterocycles. The van der Waals surface area contributed by atoms with E-state index in [0.29, 0.717) is 12.5 Å². The minimum Gasteiger partial charge on any atom is -0.393 e. The largest absolute Gasteiger partial charge is 0.393 e. The Bertz CT molecular complexity index is 408. The second-order valence-corrected chi connectivity index (χ2v) is 5.76. The van der Waals surface area contributed by atoms with E-state index in [9.17, 15) is 10.2 Å². The molecule has 2 aliphatic rings. The van der Waals surface area contributed by atoms with Crippen molar-refractivity contribution in [3.05, 3.63) is 35.9 Å². The van der Waals surface area contributed by atoms with E-state index in [1.165, 1.54) is 5.56 Å². The van der Waals surface area contributed by atoms with Crippen molar-refractivity contribution in [2.45, 2.75) is 43.6 Å². The molecule has 3 rings (SSSR count). The number of hydrogen-bond donors (Lipinski definition) is 2.